The van der Waals surface area contributed by atoms with Crippen LogP contribution in [0, 0.1) is 0 Å². The Labute approximate surface area is 124 Å². The molecule has 0 unspecified atom stereocenters. The third-order valence-corrected chi connectivity index (χ3v) is 3.76. The number of aromatic nitrogens is 2. The van der Waals surface area contributed by atoms with E-state index in [0.29, 0.717) is 22.4 Å². The number of halogens is 1. The summed E-state index contributed by atoms with van der Waals surface area (Å²) in [5, 5.41) is 8.27. The fourth-order valence-corrected chi connectivity index (χ4v) is 2.29. The van der Waals surface area contributed by atoms with Crippen LogP contribution in [0.5, 0.6) is 0 Å². The summed E-state index contributed by atoms with van der Waals surface area (Å²) in [4.78, 5) is 11.9. The predicted molar refractivity (Wildman–Crippen MR) is 77.6 cm³/mol. The van der Waals surface area contributed by atoms with Gasteiger partial charge in [-0.05, 0) is 12.1 Å². The van der Waals surface area contributed by atoms with Crippen LogP contribution in [-0.2, 0) is 0 Å². The number of hydrogen-bond acceptors (Lipinski definition) is 5. The van der Waals surface area contributed by atoms with Gasteiger partial charge in [0.15, 0.2) is 5.78 Å². The van der Waals surface area contributed by atoms with E-state index in [4.69, 9.17) is 4.42 Å². The summed E-state index contributed by atoms with van der Waals surface area (Å²) in [5.41, 5.74) is 0.680. The Morgan fingerprint density at radius 1 is 1.32 bits per heavy atom. The number of ketones is 1. The molecule has 0 N–H and O–H groups in total. The van der Waals surface area contributed by atoms with Gasteiger partial charge in [-0.25, -0.2) is 0 Å². The maximum absolute atomic E-state index is 11.9. The van der Waals surface area contributed by atoms with Gasteiger partial charge in [-0.3, -0.25) is 4.79 Å². The molecule has 0 bridgehead atoms. The van der Waals surface area contributed by atoms with Crippen LogP contribution in [0.1, 0.15) is 36.0 Å². The lowest BCUT2D eigenvalue weighted by Crippen LogP contribution is -2.01. The fourth-order valence-electron chi connectivity index (χ4n) is 1.36. The van der Waals surface area contributed by atoms with Crippen molar-refractivity contribution in [2.75, 3.05) is 5.75 Å². The summed E-state index contributed by atoms with van der Waals surface area (Å²) in [6.07, 6.45) is 0. The van der Waals surface area contributed by atoms with Crippen molar-refractivity contribution in [3.63, 3.8) is 0 Å². The van der Waals surface area contributed by atoms with Crippen molar-refractivity contribution in [2.45, 2.75) is 25.0 Å². The average Bonchev–Trinajstić information content (AvgIpc) is 2.86. The number of thioether (sulfide) groups is 1. The molecule has 100 valence electrons. The molecular weight excluding hydrogens is 328 g/mol. The van der Waals surface area contributed by atoms with Crippen LogP contribution in [0.2, 0.25) is 0 Å². The smallest absolute Gasteiger partial charge is 0.277 e. The molecule has 0 aliphatic heterocycles. The number of rotatable bonds is 5. The summed E-state index contributed by atoms with van der Waals surface area (Å²) in [6, 6.07) is 7.28. The van der Waals surface area contributed by atoms with Gasteiger partial charge in [-0.2, -0.15) is 0 Å². The van der Waals surface area contributed by atoms with E-state index in [9.17, 15) is 4.79 Å². The molecule has 0 saturated heterocycles. The van der Waals surface area contributed by atoms with Gasteiger partial charge in [0, 0.05) is 16.0 Å². The third-order valence-electron chi connectivity index (χ3n) is 2.41. The highest BCUT2D eigenvalue weighted by atomic mass is 79.9. The Morgan fingerprint density at radius 2 is 2.00 bits per heavy atom. The number of nitrogens with zero attached hydrogens (tertiary/aromatic N) is 2. The molecule has 0 atom stereocenters. The molecule has 1 aromatic carbocycles. The van der Waals surface area contributed by atoms with E-state index in [1.165, 1.54) is 11.8 Å². The zero-order valence-corrected chi connectivity index (χ0v) is 13.0. The first-order valence-corrected chi connectivity index (χ1v) is 7.59. The SMILES string of the molecule is CC(C)c1nnc(SCC(=O)c2ccc(Br)cc2)o1. The quantitative estimate of drug-likeness (QED) is 0.609. The van der Waals surface area contributed by atoms with E-state index in [2.05, 4.69) is 26.1 Å². The lowest BCUT2D eigenvalue weighted by Gasteiger charge is -1.99. The molecular formula is C13H13BrN2O2S. The Bertz CT molecular complexity index is 566. The molecule has 0 amide bonds. The largest absolute Gasteiger partial charge is 0.416 e. The fraction of sp³-hybridized carbons (Fsp3) is 0.308. The highest BCUT2D eigenvalue weighted by Gasteiger charge is 2.12. The molecule has 0 fully saturated rings. The Kier molecular flexibility index (Phi) is 4.76. The van der Waals surface area contributed by atoms with Crippen molar-refractivity contribution in [3.05, 3.63) is 40.2 Å². The summed E-state index contributed by atoms with van der Waals surface area (Å²) in [5.74, 6) is 1.13. The first-order valence-electron chi connectivity index (χ1n) is 5.81. The number of hydrogen-bond donors (Lipinski definition) is 0. The molecule has 1 heterocycles. The maximum Gasteiger partial charge on any atom is 0.277 e. The molecule has 2 aromatic rings. The van der Waals surface area contributed by atoms with Crippen LogP contribution < -0.4 is 0 Å². The minimum Gasteiger partial charge on any atom is -0.416 e. The number of benzene rings is 1. The topological polar surface area (TPSA) is 56.0 Å². The monoisotopic (exact) mass is 340 g/mol. The summed E-state index contributed by atoms with van der Waals surface area (Å²) < 4.78 is 6.39. The van der Waals surface area contributed by atoms with Crippen molar-refractivity contribution in [1.82, 2.24) is 10.2 Å². The minimum atomic E-state index is 0.0433. The van der Waals surface area contributed by atoms with Gasteiger partial charge in [0.1, 0.15) is 0 Å². The first kappa shape index (κ1) is 14.3. The van der Waals surface area contributed by atoms with Gasteiger partial charge in [0.25, 0.3) is 5.22 Å². The van der Waals surface area contributed by atoms with Crippen molar-refractivity contribution in [1.29, 1.82) is 0 Å². The summed E-state index contributed by atoms with van der Waals surface area (Å²) in [6.45, 7) is 3.96. The van der Waals surface area contributed by atoms with Gasteiger partial charge in [0.2, 0.25) is 5.89 Å². The molecule has 4 nitrogen and oxygen atoms in total. The van der Waals surface area contributed by atoms with Crippen LogP contribution in [0.25, 0.3) is 0 Å². The van der Waals surface area contributed by atoms with E-state index in [0.717, 1.165) is 4.47 Å². The molecule has 0 radical (unpaired) electrons. The summed E-state index contributed by atoms with van der Waals surface area (Å²) in [7, 11) is 0. The Morgan fingerprint density at radius 3 is 2.58 bits per heavy atom. The van der Waals surface area contributed by atoms with E-state index >= 15 is 0 Å². The van der Waals surface area contributed by atoms with Crippen molar-refractivity contribution in [2.24, 2.45) is 0 Å². The maximum atomic E-state index is 11.9. The molecule has 6 heteroatoms. The second kappa shape index (κ2) is 6.34. The van der Waals surface area contributed by atoms with Crippen molar-refractivity contribution >= 4 is 33.5 Å². The lowest BCUT2D eigenvalue weighted by molar-refractivity contribution is 0.102. The lowest BCUT2D eigenvalue weighted by atomic mass is 10.2. The second-order valence-electron chi connectivity index (χ2n) is 4.28. The van der Waals surface area contributed by atoms with Gasteiger partial charge < -0.3 is 4.42 Å². The number of carbonyl (C=O) groups is 1. The Balaban J connectivity index is 1.94. The van der Waals surface area contributed by atoms with Crippen LogP contribution in [-0.4, -0.2) is 21.7 Å². The zero-order valence-electron chi connectivity index (χ0n) is 10.6. The van der Waals surface area contributed by atoms with Crippen LogP contribution >= 0.6 is 27.7 Å². The number of Topliss-reactive ketones (excluding diaryl/α,β-unsaturated/α-hetero) is 1. The molecule has 19 heavy (non-hydrogen) atoms. The third kappa shape index (κ3) is 3.91. The van der Waals surface area contributed by atoms with Crippen LogP contribution in [0.15, 0.2) is 38.4 Å². The van der Waals surface area contributed by atoms with E-state index in [-0.39, 0.29) is 11.7 Å². The van der Waals surface area contributed by atoms with E-state index in [1.807, 2.05) is 26.0 Å². The molecule has 1 aromatic heterocycles. The molecule has 0 aliphatic rings. The zero-order chi connectivity index (χ0) is 13.8. The van der Waals surface area contributed by atoms with E-state index < -0.39 is 0 Å². The first-order chi connectivity index (χ1) is 9.06. The second-order valence-corrected chi connectivity index (χ2v) is 6.12. The summed E-state index contributed by atoms with van der Waals surface area (Å²) >= 11 is 4.60. The molecule has 0 aliphatic carbocycles. The van der Waals surface area contributed by atoms with Gasteiger partial charge in [0.05, 0.1) is 5.75 Å². The van der Waals surface area contributed by atoms with Crippen molar-refractivity contribution in [3.8, 4) is 0 Å². The Hall–Kier alpha value is -1.14. The minimum absolute atomic E-state index is 0.0433. The average molecular weight is 341 g/mol. The van der Waals surface area contributed by atoms with E-state index in [1.54, 1.807) is 12.1 Å². The van der Waals surface area contributed by atoms with Gasteiger partial charge in [-0.1, -0.05) is 53.7 Å². The van der Waals surface area contributed by atoms with Crippen LogP contribution in [0.3, 0.4) is 0 Å². The van der Waals surface area contributed by atoms with Gasteiger partial charge >= 0.3 is 0 Å². The highest BCUT2D eigenvalue weighted by molar-refractivity contribution is 9.10. The van der Waals surface area contributed by atoms with Gasteiger partial charge in [-0.15, -0.1) is 10.2 Å². The normalized spacial score (nSPS) is 10.9. The standard InChI is InChI=1S/C13H13BrN2O2S/c1-8(2)12-15-16-13(18-12)19-7-11(17)9-3-5-10(14)6-4-9/h3-6,8H,7H2,1-2H3. The predicted octanol–water partition coefficient (Wildman–Crippen LogP) is 3.93. The van der Waals surface area contributed by atoms with Crippen LogP contribution in [0.4, 0.5) is 0 Å². The molecule has 2 rings (SSSR count). The molecule has 0 spiro atoms. The molecule has 0 saturated carbocycles. The van der Waals surface area contributed by atoms with Crippen molar-refractivity contribution < 1.29 is 9.21 Å². The highest BCUT2D eigenvalue weighted by Crippen LogP contribution is 2.21. The number of carbonyl (C=O) groups excluding carboxylic acids is 1.